The molecule has 0 unspecified atom stereocenters. The topological polar surface area (TPSA) is 102 Å². The maximum absolute atomic E-state index is 12.6. The predicted octanol–water partition coefficient (Wildman–Crippen LogP) is 3.51. The summed E-state index contributed by atoms with van der Waals surface area (Å²) in [4.78, 5) is 12.7. The van der Waals surface area contributed by atoms with Crippen molar-refractivity contribution < 1.29 is 13.3 Å². The molecule has 0 radical (unpaired) electrons. The Kier molecular flexibility index (Phi) is 5.46. The van der Waals surface area contributed by atoms with Gasteiger partial charge in [0.1, 0.15) is 0 Å². The zero-order valence-corrected chi connectivity index (χ0v) is 15.9. The SMILES string of the molecule is Cc1ccc(C(C)(C)C)cc1S(=O)(=O)N/N=C/c1ccccc1[N+](=O)[O-]. The zero-order valence-electron chi connectivity index (χ0n) is 15.1. The number of hydrogen-bond donors (Lipinski definition) is 1. The third-order valence-electron chi connectivity index (χ3n) is 3.85. The first-order chi connectivity index (χ1) is 12.0. The van der Waals surface area contributed by atoms with Crippen molar-refractivity contribution in [2.75, 3.05) is 0 Å². The number of benzene rings is 2. The normalized spacial score (nSPS) is 12.3. The van der Waals surface area contributed by atoms with E-state index in [1.807, 2.05) is 26.8 Å². The van der Waals surface area contributed by atoms with Crippen LogP contribution in [0.2, 0.25) is 0 Å². The van der Waals surface area contributed by atoms with Crippen molar-refractivity contribution in [3.05, 3.63) is 69.3 Å². The number of nitro groups is 1. The monoisotopic (exact) mass is 375 g/mol. The van der Waals surface area contributed by atoms with Gasteiger partial charge in [0.2, 0.25) is 0 Å². The van der Waals surface area contributed by atoms with Crippen LogP contribution in [0.5, 0.6) is 0 Å². The lowest BCUT2D eigenvalue weighted by Gasteiger charge is -2.20. The predicted molar refractivity (Wildman–Crippen MR) is 101 cm³/mol. The minimum Gasteiger partial charge on any atom is -0.258 e. The molecule has 0 heterocycles. The van der Waals surface area contributed by atoms with Gasteiger partial charge in [-0.3, -0.25) is 10.1 Å². The smallest absolute Gasteiger partial charge is 0.258 e. The second-order valence-corrected chi connectivity index (χ2v) is 8.53. The molecule has 7 nitrogen and oxygen atoms in total. The molecule has 138 valence electrons. The zero-order chi connectivity index (χ0) is 19.5. The summed E-state index contributed by atoms with van der Waals surface area (Å²) in [7, 11) is -3.89. The molecule has 0 aliphatic rings. The van der Waals surface area contributed by atoms with Gasteiger partial charge in [-0.1, -0.05) is 45.0 Å². The van der Waals surface area contributed by atoms with Gasteiger partial charge >= 0.3 is 0 Å². The number of aryl methyl sites for hydroxylation is 1. The molecule has 8 heteroatoms. The summed E-state index contributed by atoms with van der Waals surface area (Å²) in [5.74, 6) is 0. The van der Waals surface area contributed by atoms with Gasteiger partial charge in [0.25, 0.3) is 15.7 Å². The number of rotatable bonds is 5. The van der Waals surface area contributed by atoms with Crippen LogP contribution in [0.15, 0.2) is 52.5 Å². The fourth-order valence-electron chi connectivity index (χ4n) is 2.33. The molecular weight excluding hydrogens is 354 g/mol. The van der Waals surface area contributed by atoms with Crippen molar-refractivity contribution in [2.24, 2.45) is 5.10 Å². The van der Waals surface area contributed by atoms with Crippen LogP contribution in [0.1, 0.15) is 37.5 Å². The van der Waals surface area contributed by atoms with E-state index in [1.54, 1.807) is 25.1 Å². The van der Waals surface area contributed by atoms with Crippen molar-refractivity contribution >= 4 is 21.9 Å². The van der Waals surface area contributed by atoms with E-state index < -0.39 is 14.9 Å². The Bertz CT molecular complexity index is 961. The Labute approximate surface area is 153 Å². The minimum atomic E-state index is -3.89. The van der Waals surface area contributed by atoms with Gasteiger partial charge < -0.3 is 0 Å². The van der Waals surface area contributed by atoms with Crippen LogP contribution in [0.4, 0.5) is 5.69 Å². The molecule has 0 amide bonds. The van der Waals surface area contributed by atoms with Gasteiger partial charge in [-0.05, 0) is 35.6 Å². The Balaban J connectivity index is 2.32. The molecule has 2 aromatic carbocycles. The highest BCUT2D eigenvalue weighted by molar-refractivity contribution is 7.89. The molecule has 0 saturated carbocycles. The van der Waals surface area contributed by atoms with Crippen LogP contribution in [-0.2, 0) is 15.4 Å². The lowest BCUT2D eigenvalue weighted by molar-refractivity contribution is -0.385. The Hall–Kier alpha value is -2.74. The Morgan fingerprint density at radius 1 is 1.15 bits per heavy atom. The second-order valence-electron chi connectivity index (χ2n) is 6.90. The number of hydrogen-bond acceptors (Lipinski definition) is 5. The van der Waals surface area contributed by atoms with Gasteiger partial charge in [0.15, 0.2) is 0 Å². The fourth-order valence-corrected chi connectivity index (χ4v) is 3.40. The molecule has 0 aromatic heterocycles. The number of para-hydroxylation sites is 1. The largest absolute Gasteiger partial charge is 0.278 e. The summed E-state index contributed by atoms with van der Waals surface area (Å²) < 4.78 is 25.2. The van der Waals surface area contributed by atoms with Crippen molar-refractivity contribution in [2.45, 2.75) is 38.0 Å². The van der Waals surface area contributed by atoms with Gasteiger partial charge in [-0.2, -0.15) is 13.5 Å². The summed E-state index contributed by atoms with van der Waals surface area (Å²) in [5, 5.41) is 14.7. The highest BCUT2D eigenvalue weighted by Crippen LogP contribution is 2.26. The summed E-state index contributed by atoms with van der Waals surface area (Å²) in [6.45, 7) is 7.68. The van der Waals surface area contributed by atoms with E-state index in [0.717, 1.165) is 11.8 Å². The molecule has 0 aliphatic carbocycles. The molecule has 1 N–H and O–H groups in total. The molecule has 26 heavy (non-hydrogen) atoms. The van der Waals surface area contributed by atoms with E-state index in [-0.39, 0.29) is 21.6 Å². The first kappa shape index (κ1) is 19.6. The Morgan fingerprint density at radius 2 is 1.81 bits per heavy atom. The van der Waals surface area contributed by atoms with Crippen LogP contribution in [0, 0.1) is 17.0 Å². The first-order valence-electron chi connectivity index (χ1n) is 7.92. The van der Waals surface area contributed by atoms with Crippen LogP contribution >= 0.6 is 0 Å². The summed E-state index contributed by atoms with van der Waals surface area (Å²) in [6, 6.07) is 11.2. The van der Waals surface area contributed by atoms with E-state index in [1.165, 1.54) is 18.2 Å². The van der Waals surface area contributed by atoms with E-state index in [2.05, 4.69) is 9.93 Å². The van der Waals surface area contributed by atoms with Crippen molar-refractivity contribution in [1.82, 2.24) is 4.83 Å². The molecule has 0 fully saturated rings. The van der Waals surface area contributed by atoms with Gasteiger partial charge in [-0.15, -0.1) is 0 Å². The van der Waals surface area contributed by atoms with Crippen molar-refractivity contribution in [3.8, 4) is 0 Å². The number of nitro benzene ring substituents is 1. The molecule has 2 rings (SSSR count). The summed E-state index contributed by atoms with van der Waals surface area (Å²) in [5.41, 5.74) is 1.32. The van der Waals surface area contributed by atoms with E-state index in [0.29, 0.717) is 5.56 Å². The quantitative estimate of drug-likeness (QED) is 0.491. The molecule has 0 bridgehead atoms. The van der Waals surface area contributed by atoms with Crippen molar-refractivity contribution in [3.63, 3.8) is 0 Å². The third kappa shape index (κ3) is 4.45. The van der Waals surface area contributed by atoms with Crippen LogP contribution in [0.3, 0.4) is 0 Å². The maximum Gasteiger partial charge on any atom is 0.278 e. The average Bonchev–Trinajstić information content (AvgIpc) is 2.54. The van der Waals surface area contributed by atoms with Crippen molar-refractivity contribution in [1.29, 1.82) is 0 Å². The van der Waals surface area contributed by atoms with Gasteiger partial charge in [0.05, 0.1) is 21.6 Å². The highest BCUT2D eigenvalue weighted by Gasteiger charge is 2.21. The standard InChI is InChI=1S/C18H21N3O4S/c1-13-9-10-15(18(2,3)4)11-17(13)26(24,25)20-19-12-14-7-5-6-8-16(14)21(22)23/h5-12,20H,1-4H3/b19-12+. The molecule has 2 aromatic rings. The molecule has 0 saturated heterocycles. The van der Waals surface area contributed by atoms with Crippen LogP contribution < -0.4 is 4.83 Å². The third-order valence-corrected chi connectivity index (χ3v) is 5.22. The number of sulfonamides is 1. The number of nitrogens with one attached hydrogen (secondary N) is 1. The van der Waals surface area contributed by atoms with E-state index in [9.17, 15) is 18.5 Å². The minimum absolute atomic E-state index is 0.129. The molecular formula is C18H21N3O4S. The Morgan fingerprint density at radius 3 is 2.42 bits per heavy atom. The van der Waals surface area contributed by atoms with Crippen LogP contribution in [-0.4, -0.2) is 19.6 Å². The van der Waals surface area contributed by atoms with E-state index in [4.69, 9.17) is 0 Å². The van der Waals surface area contributed by atoms with Gasteiger partial charge in [0, 0.05) is 6.07 Å². The summed E-state index contributed by atoms with van der Waals surface area (Å²) in [6.07, 6.45) is 1.12. The fraction of sp³-hybridized carbons (Fsp3) is 0.278. The van der Waals surface area contributed by atoms with Gasteiger partial charge in [-0.25, -0.2) is 4.83 Å². The maximum atomic E-state index is 12.6. The lowest BCUT2D eigenvalue weighted by atomic mass is 9.87. The van der Waals surface area contributed by atoms with E-state index >= 15 is 0 Å². The number of nitrogens with zero attached hydrogens (tertiary/aromatic N) is 2. The van der Waals surface area contributed by atoms with Crippen LogP contribution in [0.25, 0.3) is 0 Å². The molecule has 0 atom stereocenters. The molecule has 0 spiro atoms. The summed E-state index contributed by atoms with van der Waals surface area (Å²) >= 11 is 0. The second kappa shape index (κ2) is 7.25. The lowest BCUT2D eigenvalue weighted by Crippen LogP contribution is -2.21. The average molecular weight is 375 g/mol. The first-order valence-corrected chi connectivity index (χ1v) is 9.40. The highest BCUT2D eigenvalue weighted by atomic mass is 32.2. The number of hydrazone groups is 1. The molecule has 0 aliphatic heterocycles.